The van der Waals surface area contributed by atoms with Crippen molar-refractivity contribution in [1.82, 2.24) is 0 Å². The maximum Gasteiger partial charge on any atom is 0.0947 e. The Bertz CT molecular complexity index is 725. The summed E-state index contributed by atoms with van der Waals surface area (Å²) in [6.45, 7) is 13.8. The molecule has 33 heavy (non-hydrogen) atoms. The van der Waals surface area contributed by atoms with Crippen molar-refractivity contribution in [3.63, 3.8) is 0 Å². The van der Waals surface area contributed by atoms with Gasteiger partial charge in [0.2, 0.25) is 0 Å². The van der Waals surface area contributed by atoms with Crippen molar-refractivity contribution in [3.05, 3.63) is 23.3 Å². The van der Waals surface area contributed by atoms with E-state index in [1.807, 2.05) is 46.8 Å². The molecule has 0 spiro atoms. The largest absolute Gasteiger partial charge is 0.550 e. The van der Waals surface area contributed by atoms with Crippen molar-refractivity contribution in [3.8, 4) is 18.2 Å². The second-order valence-corrected chi connectivity index (χ2v) is 8.03. The molecule has 0 aromatic carbocycles. The molecular formula is C24H35N3O4Y2-2. The molecule has 0 rings (SSSR count). The Kier molecular flexibility index (Phi) is 35.0. The fraction of sp³-hybridized carbons (Fsp3) is 0.625. The van der Waals surface area contributed by atoms with Crippen LogP contribution in [0.2, 0.25) is 0 Å². The molecule has 0 heterocycles. The second kappa shape index (κ2) is 27.3. The molecule has 0 saturated carbocycles. The maximum atomic E-state index is 10.1. The van der Waals surface area contributed by atoms with Crippen LogP contribution >= 0.6 is 0 Å². The number of rotatable bonds is 9. The maximum absolute atomic E-state index is 10.1. The fourth-order valence-corrected chi connectivity index (χ4v) is 2.28. The Balaban J connectivity index is -0.000000116. The van der Waals surface area contributed by atoms with Crippen molar-refractivity contribution < 1.29 is 85.2 Å². The number of nitrogens with zero attached hydrogens (tertiary/aromatic N) is 3. The third kappa shape index (κ3) is 35.9. The summed E-state index contributed by atoms with van der Waals surface area (Å²) in [6, 6.07) is 5.89. The van der Waals surface area contributed by atoms with Gasteiger partial charge in [-0.1, -0.05) is 60.6 Å². The molecule has 2 radical (unpaired) electrons. The van der Waals surface area contributed by atoms with Crippen LogP contribution in [0.4, 0.5) is 0 Å². The second-order valence-electron chi connectivity index (χ2n) is 8.03. The zero-order valence-corrected chi connectivity index (χ0v) is 26.6. The van der Waals surface area contributed by atoms with E-state index in [4.69, 9.17) is 15.8 Å². The first-order valence-corrected chi connectivity index (χ1v) is 10.3. The van der Waals surface area contributed by atoms with E-state index >= 15 is 0 Å². The Morgan fingerprint density at radius 1 is 0.818 bits per heavy atom. The van der Waals surface area contributed by atoms with Crippen molar-refractivity contribution in [2.24, 2.45) is 23.7 Å². The summed E-state index contributed by atoms with van der Waals surface area (Å²) in [5, 5.41) is 45.5. The van der Waals surface area contributed by atoms with Crippen molar-refractivity contribution in [2.75, 3.05) is 0 Å². The van der Waals surface area contributed by atoms with Crippen LogP contribution in [0.15, 0.2) is 23.3 Å². The number of carboxylic acid groups (broad SMARTS) is 2. The van der Waals surface area contributed by atoms with Gasteiger partial charge < -0.3 is 19.8 Å². The van der Waals surface area contributed by atoms with Gasteiger partial charge in [-0.2, -0.15) is 15.8 Å². The van der Waals surface area contributed by atoms with Crippen LogP contribution in [-0.2, 0) is 75.0 Å². The minimum atomic E-state index is -1.21. The number of hydrogen-bond acceptors (Lipinski definition) is 7. The molecule has 0 fully saturated rings. The van der Waals surface area contributed by atoms with Gasteiger partial charge in [0.1, 0.15) is 0 Å². The molecule has 0 unspecified atom stereocenters. The standard InChI is InChI=1S/C8H13NO2.C8H11NO2.C8H13N.2Y/c2*1-6(2)3-7(5-9)4-8(10)11;1-4-8(6-9)5-7(2)3;;/h6-7H,3-4H2,1-2H3,(H,10,11);3,6H,4H2,1-2H3,(H,10,11);5,7H,4H2,1-3H3;;/p-2/t7-;;;;/m0..../s1. The summed E-state index contributed by atoms with van der Waals surface area (Å²) >= 11 is 0. The van der Waals surface area contributed by atoms with Crippen LogP contribution < -0.4 is 10.2 Å². The first-order chi connectivity index (χ1) is 14.3. The SMILES string of the molecule is CC(C)C=C(C#N)CC(=O)[O-].CC(C)C[C@H](C#N)CC(=O)[O-].CCC(C#N)=CC(C)C.[Y].[Y]. The average Bonchev–Trinajstić information content (AvgIpc) is 2.64. The number of carbonyl (C=O) groups is 2. The summed E-state index contributed by atoms with van der Waals surface area (Å²) in [4.78, 5) is 20.1. The Morgan fingerprint density at radius 2 is 1.24 bits per heavy atom. The number of nitriles is 3. The van der Waals surface area contributed by atoms with E-state index in [1.165, 1.54) is 0 Å². The van der Waals surface area contributed by atoms with Crippen molar-refractivity contribution >= 4 is 11.9 Å². The van der Waals surface area contributed by atoms with E-state index in [0.29, 0.717) is 18.3 Å². The Morgan fingerprint density at radius 3 is 1.45 bits per heavy atom. The topological polar surface area (TPSA) is 152 Å². The molecule has 1 atom stereocenters. The van der Waals surface area contributed by atoms with Gasteiger partial charge in [-0.25, -0.2) is 0 Å². The van der Waals surface area contributed by atoms with E-state index in [0.717, 1.165) is 12.0 Å². The van der Waals surface area contributed by atoms with Crippen LogP contribution in [0.1, 0.15) is 74.1 Å². The quantitative estimate of drug-likeness (QED) is 0.366. The van der Waals surface area contributed by atoms with Crippen molar-refractivity contribution in [1.29, 1.82) is 15.8 Å². The van der Waals surface area contributed by atoms with E-state index in [2.05, 4.69) is 19.9 Å². The molecule has 7 nitrogen and oxygen atoms in total. The predicted octanol–water partition coefficient (Wildman–Crippen LogP) is 3.04. The van der Waals surface area contributed by atoms with Crippen LogP contribution in [0.5, 0.6) is 0 Å². The summed E-state index contributed by atoms with van der Waals surface area (Å²) < 4.78 is 0. The minimum absolute atomic E-state index is 0. The van der Waals surface area contributed by atoms with Gasteiger partial charge in [0.25, 0.3) is 0 Å². The zero-order valence-electron chi connectivity index (χ0n) is 20.9. The smallest absolute Gasteiger partial charge is 0.0947 e. The predicted molar refractivity (Wildman–Crippen MR) is 115 cm³/mol. The van der Waals surface area contributed by atoms with Gasteiger partial charge in [-0.05, 0) is 30.6 Å². The summed E-state index contributed by atoms with van der Waals surface area (Å²) in [6.07, 6.45) is 4.68. The van der Waals surface area contributed by atoms with Crippen LogP contribution in [0.3, 0.4) is 0 Å². The molecule has 0 N–H and O–H groups in total. The fourth-order valence-electron chi connectivity index (χ4n) is 2.28. The number of hydrogen-bond donors (Lipinski definition) is 0. The van der Waals surface area contributed by atoms with E-state index in [1.54, 1.807) is 12.1 Å². The molecule has 0 saturated heterocycles. The van der Waals surface area contributed by atoms with Crippen LogP contribution in [-0.4, -0.2) is 11.9 Å². The normalized spacial score (nSPS) is 11.1. The van der Waals surface area contributed by atoms with Gasteiger partial charge in [0, 0.05) is 101 Å². The van der Waals surface area contributed by atoms with Gasteiger partial charge in [-0.3, -0.25) is 0 Å². The number of aliphatic carboxylic acids is 2. The number of carboxylic acids is 2. The van der Waals surface area contributed by atoms with E-state index < -0.39 is 11.9 Å². The molecule has 0 aliphatic carbocycles. The molecule has 0 aliphatic rings. The van der Waals surface area contributed by atoms with E-state index in [-0.39, 0.29) is 95.7 Å². The third-order valence-electron chi connectivity index (χ3n) is 3.42. The molecule has 9 heteroatoms. The monoisotopic (exact) mass is 607 g/mol. The minimum Gasteiger partial charge on any atom is -0.550 e. The van der Waals surface area contributed by atoms with E-state index in [9.17, 15) is 19.8 Å². The van der Waals surface area contributed by atoms with Crippen LogP contribution in [0.25, 0.3) is 0 Å². The van der Waals surface area contributed by atoms with Gasteiger partial charge in [0.15, 0.2) is 0 Å². The first kappa shape index (κ1) is 42.3. The molecule has 0 aromatic heterocycles. The summed E-state index contributed by atoms with van der Waals surface area (Å²) in [5.74, 6) is -1.68. The average molecular weight is 607 g/mol. The van der Waals surface area contributed by atoms with Crippen molar-refractivity contribution in [2.45, 2.75) is 74.1 Å². The summed E-state index contributed by atoms with van der Waals surface area (Å²) in [7, 11) is 0. The third-order valence-corrected chi connectivity index (χ3v) is 3.42. The molecule has 0 aliphatic heterocycles. The molecule has 0 amide bonds. The van der Waals surface area contributed by atoms with Gasteiger partial charge in [-0.15, -0.1) is 0 Å². The zero-order chi connectivity index (χ0) is 25.0. The Labute approximate surface area is 250 Å². The first-order valence-electron chi connectivity index (χ1n) is 10.3. The Hall–Kier alpha value is -0.902. The van der Waals surface area contributed by atoms with Crippen LogP contribution in [0, 0.1) is 57.7 Å². The molecule has 178 valence electrons. The molecule has 0 aromatic rings. The number of allylic oxidation sites excluding steroid dienone is 3. The molecular weight excluding hydrogens is 572 g/mol. The molecule has 0 bridgehead atoms. The summed E-state index contributed by atoms with van der Waals surface area (Å²) in [5.41, 5.74) is 1.16. The number of carbonyl (C=O) groups excluding carboxylic acids is 2. The van der Waals surface area contributed by atoms with Gasteiger partial charge in [0.05, 0.1) is 24.1 Å². The van der Waals surface area contributed by atoms with Gasteiger partial charge >= 0.3 is 0 Å².